The van der Waals surface area contributed by atoms with Gasteiger partial charge in [0.05, 0.1) is 0 Å². The van der Waals surface area contributed by atoms with Gasteiger partial charge in [-0.15, -0.1) is 0 Å². The summed E-state index contributed by atoms with van der Waals surface area (Å²) in [5.41, 5.74) is 3.17. The highest BCUT2D eigenvalue weighted by atomic mass is 16.1. The SMILES string of the molecule is CNCC1(C(=O)c2cc(C(C)C)ccc2C)CC1. The molecule has 2 rings (SSSR count). The minimum atomic E-state index is -0.116. The maximum Gasteiger partial charge on any atom is 0.170 e. The van der Waals surface area contributed by atoms with Crippen molar-refractivity contribution in [2.75, 3.05) is 13.6 Å². The van der Waals surface area contributed by atoms with E-state index in [2.05, 4.69) is 37.4 Å². The van der Waals surface area contributed by atoms with Crippen LogP contribution in [0.25, 0.3) is 0 Å². The van der Waals surface area contributed by atoms with E-state index in [1.54, 1.807) is 0 Å². The first kappa shape index (κ1) is 13.3. The molecule has 1 fully saturated rings. The normalized spacial score (nSPS) is 16.9. The van der Waals surface area contributed by atoms with E-state index in [9.17, 15) is 4.79 Å². The number of hydrogen-bond acceptors (Lipinski definition) is 2. The van der Waals surface area contributed by atoms with Gasteiger partial charge in [-0.2, -0.15) is 0 Å². The molecule has 1 aromatic carbocycles. The molecular weight excluding hydrogens is 222 g/mol. The predicted octanol–water partition coefficient (Wildman–Crippen LogP) is 3.30. The Kier molecular flexibility index (Phi) is 3.58. The molecule has 1 N–H and O–H groups in total. The number of nitrogens with one attached hydrogen (secondary N) is 1. The molecule has 1 saturated carbocycles. The number of rotatable bonds is 5. The summed E-state index contributed by atoms with van der Waals surface area (Å²) in [5.74, 6) is 0.799. The molecule has 2 heteroatoms. The van der Waals surface area contributed by atoms with E-state index in [1.807, 2.05) is 14.0 Å². The average molecular weight is 245 g/mol. The van der Waals surface area contributed by atoms with Crippen LogP contribution in [0.15, 0.2) is 18.2 Å². The summed E-state index contributed by atoms with van der Waals surface area (Å²) in [6.07, 6.45) is 2.05. The van der Waals surface area contributed by atoms with Crippen LogP contribution in [0.3, 0.4) is 0 Å². The Morgan fingerprint density at radius 1 is 1.39 bits per heavy atom. The Bertz CT molecular complexity index is 458. The fraction of sp³-hybridized carbons (Fsp3) is 0.562. The summed E-state index contributed by atoms with van der Waals surface area (Å²) in [6, 6.07) is 6.31. The van der Waals surface area contributed by atoms with Gasteiger partial charge < -0.3 is 5.32 Å². The number of carbonyl (C=O) groups is 1. The van der Waals surface area contributed by atoms with Crippen molar-refractivity contribution in [1.29, 1.82) is 0 Å². The molecule has 0 radical (unpaired) electrons. The molecule has 0 spiro atoms. The lowest BCUT2D eigenvalue weighted by Gasteiger charge is -2.16. The number of Topliss-reactive ketones (excluding diaryl/α,β-unsaturated/α-hetero) is 1. The number of aryl methyl sites for hydroxylation is 1. The molecule has 0 atom stereocenters. The standard InChI is InChI=1S/C16H23NO/c1-11(2)13-6-5-12(3)14(9-13)15(18)16(7-8-16)10-17-4/h5-6,9,11,17H,7-8,10H2,1-4H3. The van der Waals surface area contributed by atoms with Gasteiger partial charge in [-0.25, -0.2) is 0 Å². The maximum atomic E-state index is 12.7. The molecular formula is C16H23NO. The van der Waals surface area contributed by atoms with Crippen LogP contribution >= 0.6 is 0 Å². The quantitative estimate of drug-likeness (QED) is 0.806. The van der Waals surface area contributed by atoms with E-state index in [-0.39, 0.29) is 5.41 Å². The van der Waals surface area contributed by atoms with Crippen molar-refractivity contribution in [3.05, 3.63) is 34.9 Å². The van der Waals surface area contributed by atoms with Crippen LogP contribution in [0, 0.1) is 12.3 Å². The van der Waals surface area contributed by atoms with Crippen molar-refractivity contribution >= 4 is 5.78 Å². The van der Waals surface area contributed by atoms with Crippen LogP contribution < -0.4 is 5.32 Å². The van der Waals surface area contributed by atoms with E-state index in [1.165, 1.54) is 5.56 Å². The predicted molar refractivity (Wildman–Crippen MR) is 75.2 cm³/mol. The molecule has 98 valence electrons. The first-order valence-corrected chi connectivity index (χ1v) is 6.80. The second-order valence-corrected chi connectivity index (χ2v) is 5.87. The van der Waals surface area contributed by atoms with Gasteiger partial charge in [-0.3, -0.25) is 4.79 Å². The Morgan fingerprint density at radius 3 is 2.56 bits per heavy atom. The first-order chi connectivity index (χ1) is 8.50. The summed E-state index contributed by atoms with van der Waals surface area (Å²) >= 11 is 0. The molecule has 18 heavy (non-hydrogen) atoms. The highest BCUT2D eigenvalue weighted by Crippen LogP contribution is 2.48. The van der Waals surface area contributed by atoms with Gasteiger partial charge in [0.25, 0.3) is 0 Å². The molecule has 0 aromatic heterocycles. The lowest BCUT2D eigenvalue weighted by Crippen LogP contribution is -2.28. The second-order valence-electron chi connectivity index (χ2n) is 5.87. The minimum absolute atomic E-state index is 0.116. The summed E-state index contributed by atoms with van der Waals surface area (Å²) in [5, 5.41) is 3.16. The Hall–Kier alpha value is -1.15. The van der Waals surface area contributed by atoms with Gasteiger partial charge in [0.1, 0.15) is 0 Å². The molecule has 0 saturated heterocycles. The zero-order valence-corrected chi connectivity index (χ0v) is 11.8. The highest BCUT2D eigenvalue weighted by Gasteiger charge is 2.49. The zero-order valence-electron chi connectivity index (χ0n) is 11.8. The van der Waals surface area contributed by atoms with Gasteiger partial charge in [-0.1, -0.05) is 26.0 Å². The molecule has 0 heterocycles. The fourth-order valence-electron chi connectivity index (χ4n) is 2.50. The summed E-state index contributed by atoms with van der Waals surface area (Å²) in [6.45, 7) is 7.17. The van der Waals surface area contributed by atoms with Crippen LogP contribution in [-0.2, 0) is 0 Å². The number of hydrogen-bond donors (Lipinski definition) is 1. The van der Waals surface area contributed by atoms with Gasteiger partial charge in [0, 0.05) is 17.5 Å². The molecule has 0 bridgehead atoms. The molecule has 0 amide bonds. The van der Waals surface area contributed by atoms with Crippen molar-refractivity contribution in [2.24, 2.45) is 5.41 Å². The van der Waals surface area contributed by atoms with Crippen molar-refractivity contribution in [2.45, 2.75) is 39.5 Å². The van der Waals surface area contributed by atoms with Crippen LogP contribution in [0.4, 0.5) is 0 Å². The lowest BCUT2D eigenvalue weighted by molar-refractivity contribution is 0.0899. The summed E-state index contributed by atoms with van der Waals surface area (Å²) in [4.78, 5) is 12.7. The van der Waals surface area contributed by atoms with Gasteiger partial charge in [-0.05, 0) is 49.9 Å². The van der Waals surface area contributed by atoms with E-state index in [0.29, 0.717) is 11.7 Å². The topological polar surface area (TPSA) is 29.1 Å². The average Bonchev–Trinajstić information content (AvgIpc) is 3.10. The van der Waals surface area contributed by atoms with Crippen LogP contribution in [-0.4, -0.2) is 19.4 Å². The summed E-state index contributed by atoms with van der Waals surface area (Å²) < 4.78 is 0. The molecule has 0 aliphatic heterocycles. The highest BCUT2D eigenvalue weighted by molar-refractivity contribution is 6.03. The fourth-order valence-corrected chi connectivity index (χ4v) is 2.50. The van der Waals surface area contributed by atoms with Crippen LogP contribution in [0.1, 0.15) is 54.1 Å². The zero-order chi connectivity index (χ0) is 13.3. The third-order valence-corrected chi connectivity index (χ3v) is 4.02. The molecule has 1 aliphatic carbocycles. The van der Waals surface area contributed by atoms with E-state index >= 15 is 0 Å². The van der Waals surface area contributed by atoms with E-state index < -0.39 is 0 Å². The van der Waals surface area contributed by atoms with Gasteiger partial charge >= 0.3 is 0 Å². The van der Waals surface area contributed by atoms with Gasteiger partial charge in [0.15, 0.2) is 5.78 Å². The van der Waals surface area contributed by atoms with E-state index in [0.717, 1.165) is 30.5 Å². The van der Waals surface area contributed by atoms with Crippen molar-refractivity contribution in [1.82, 2.24) is 5.32 Å². The first-order valence-electron chi connectivity index (χ1n) is 6.80. The smallest absolute Gasteiger partial charge is 0.170 e. The third kappa shape index (κ3) is 2.35. The maximum absolute atomic E-state index is 12.7. The van der Waals surface area contributed by atoms with Gasteiger partial charge in [0.2, 0.25) is 0 Å². The van der Waals surface area contributed by atoms with E-state index in [4.69, 9.17) is 0 Å². The molecule has 1 aliphatic rings. The van der Waals surface area contributed by atoms with Crippen LogP contribution in [0.5, 0.6) is 0 Å². The number of benzene rings is 1. The third-order valence-electron chi connectivity index (χ3n) is 4.02. The summed E-state index contributed by atoms with van der Waals surface area (Å²) in [7, 11) is 1.92. The number of carbonyl (C=O) groups excluding carboxylic acids is 1. The molecule has 2 nitrogen and oxygen atoms in total. The van der Waals surface area contributed by atoms with Crippen molar-refractivity contribution in [3.8, 4) is 0 Å². The molecule has 1 aromatic rings. The van der Waals surface area contributed by atoms with Crippen molar-refractivity contribution in [3.63, 3.8) is 0 Å². The minimum Gasteiger partial charge on any atom is -0.319 e. The second kappa shape index (κ2) is 4.85. The largest absolute Gasteiger partial charge is 0.319 e. The Labute approximate surface area is 110 Å². The van der Waals surface area contributed by atoms with Crippen LogP contribution in [0.2, 0.25) is 0 Å². The Morgan fingerprint density at radius 2 is 2.06 bits per heavy atom. The Balaban J connectivity index is 2.33. The monoisotopic (exact) mass is 245 g/mol. The van der Waals surface area contributed by atoms with Crippen molar-refractivity contribution < 1.29 is 4.79 Å². The number of ketones is 1. The molecule has 0 unspecified atom stereocenters. The lowest BCUT2D eigenvalue weighted by atomic mass is 9.89.